The number of carbonyl (C=O) groups is 4. The van der Waals surface area contributed by atoms with Gasteiger partial charge in [0.15, 0.2) is 23.1 Å². The predicted molar refractivity (Wildman–Crippen MR) is 163 cm³/mol. The summed E-state index contributed by atoms with van der Waals surface area (Å²) in [7, 11) is 1.39. The lowest BCUT2D eigenvalue weighted by molar-refractivity contribution is 0.0464. The zero-order chi connectivity index (χ0) is 31.9. The molecule has 9 nitrogen and oxygen atoms in total. The lowest BCUT2D eigenvalue weighted by Gasteiger charge is -2.20. The van der Waals surface area contributed by atoms with E-state index in [0.29, 0.717) is 11.3 Å². The van der Waals surface area contributed by atoms with Gasteiger partial charge in [-0.25, -0.2) is 9.59 Å². The summed E-state index contributed by atoms with van der Waals surface area (Å²) in [5.41, 5.74) is -1.42. The van der Waals surface area contributed by atoms with Crippen LogP contribution in [0.4, 0.5) is 0 Å². The fourth-order valence-electron chi connectivity index (χ4n) is 4.61. The van der Waals surface area contributed by atoms with Crippen LogP contribution in [-0.2, 0) is 11.3 Å². The smallest absolute Gasteiger partial charge is 0.343 e. The van der Waals surface area contributed by atoms with E-state index in [0.717, 1.165) is 0 Å². The van der Waals surface area contributed by atoms with Gasteiger partial charge in [-0.05, 0) is 29.8 Å². The maximum atomic E-state index is 14.3. The van der Waals surface area contributed by atoms with Crippen LogP contribution in [0.3, 0.4) is 0 Å². The van der Waals surface area contributed by atoms with Gasteiger partial charge in [-0.3, -0.25) is 9.59 Å². The Hall–Kier alpha value is -6.22. The molecule has 0 aliphatic carbocycles. The van der Waals surface area contributed by atoms with Crippen molar-refractivity contribution in [3.8, 4) is 23.0 Å². The zero-order valence-electron chi connectivity index (χ0n) is 23.9. The molecule has 0 fully saturated rings. The minimum absolute atomic E-state index is 0.0355. The molecule has 0 unspecified atom stereocenters. The number of hydrogen-bond donors (Lipinski definition) is 2. The number of aromatic hydroxyl groups is 2. The monoisotopic (exact) mass is 602 g/mol. The maximum Gasteiger partial charge on any atom is 0.343 e. The van der Waals surface area contributed by atoms with Gasteiger partial charge < -0.3 is 24.4 Å². The summed E-state index contributed by atoms with van der Waals surface area (Å²) in [4.78, 5) is 55.3. The molecule has 0 bridgehead atoms. The number of carbonyl (C=O) groups excluding carboxylic acids is 4. The average molecular weight is 603 g/mol. The summed E-state index contributed by atoms with van der Waals surface area (Å²) in [6.07, 6.45) is 0. The van der Waals surface area contributed by atoms with Crippen LogP contribution < -0.4 is 9.47 Å². The highest BCUT2D eigenvalue weighted by molar-refractivity contribution is 6.24. The molecule has 0 radical (unpaired) electrons. The number of rotatable bonds is 10. The van der Waals surface area contributed by atoms with Gasteiger partial charge in [-0.1, -0.05) is 91.0 Å². The second kappa shape index (κ2) is 13.4. The van der Waals surface area contributed by atoms with E-state index in [1.807, 2.05) is 0 Å². The second-order valence-electron chi connectivity index (χ2n) is 9.72. The summed E-state index contributed by atoms with van der Waals surface area (Å²) in [6, 6.07) is 29.9. The van der Waals surface area contributed by atoms with E-state index in [1.165, 1.54) is 49.6 Å². The number of esters is 2. The molecule has 0 spiro atoms. The molecular weight excluding hydrogens is 576 g/mol. The quantitative estimate of drug-likeness (QED) is 0.0835. The predicted octanol–water partition coefficient (Wildman–Crippen LogP) is 6.14. The van der Waals surface area contributed by atoms with Gasteiger partial charge in [0.25, 0.3) is 0 Å². The van der Waals surface area contributed by atoms with Gasteiger partial charge in [-0.15, -0.1) is 0 Å². The third kappa shape index (κ3) is 6.42. The van der Waals surface area contributed by atoms with E-state index < -0.39 is 57.4 Å². The molecule has 9 heteroatoms. The van der Waals surface area contributed by atoms with Crippen molar-refractivity contribution in [2.45, 2.75) is 6.61 Å². The van der Waals surface area contributed by atoms with Crippen LogP contribution in [0.2, 0.25) is 0 Å². The van der Waals surface area contributed by atoms with Gasteiger partial charge in [0.1, 0.15) is 12.4 Å². The Kier molecular flexibility index (Phi) is 9.00. The van der Waals surface area contributed by atoms with E-state index in [1.54, 1.807) is 72.8 Å². The van der Waals surface area contributed by atoms with Gasteiger partial charge in [-0.2, -0.15) is 0 Å². The Bertz CT molecular complexity index is 1880. The van der Waals surface area contributed by atoms with Crippen LogP contribution in [0, 0.1) is 0 Å². The number of phenolic OH excluding ortho intramolecular Hbond substituents is 2. The lowest BCUT2D eigenvalue weighted by atomic mass is 9.88. The molecule has 5 aromatic rings. The van der Waals surface area contributed by atoms with E-state index in [9.17, 15) is 29.4 Å². The third-order valence-corrected chi connectivity index (χ3v) is 6.85. The van der Waals surface area contributed by atoms with Crippen molar-refractivity contribution >= 4 is 23.5 Å². The first-order chi connectivity index (χ1) is 21.8. The first-order valence-electron chi connectivity index (χ1n) is 13.7. The molecule has 2 N–H and O–H groups in total. The highest BCUT2D eigenvalue weighted by Gasteiger charge is 2.37. The fourth-order valence-corrected chi connectivity index (χ4v) is 4.61. The normalized spacial score (nSPS) is 10.5. The van der Waals surface area contributed by atoms with Crippen molar-refractivity contribution in [1.82, 2.24) is 0 Å². The molecule has 5 aromatic carbocycles. The average Bonchev–Trinajstić information content (AvgIpc) is 3.09. The van der Waals surface area contributed by atoms with Crippen LogP contribution in [0.25, 0.3) is 0 Å². The molecule has 224 valence electrons. The van der Waals surface area contributed by atoms with Crippen LogP contribution in [0.15, 0.2) is 115 Å². The van der Waals surface area contributed by atoms with Crippen molar-refractivity contribution in [2.75, 3.05) is 7.11 Å². The Morgan fingerprint density at radius 1 is 0.578 bits per heavy atom. The Morgan fingerprint density at radius 2 is 1.13 bits per heavy atom. The van der Waals surface area contributed by atoms with Crippen LogP contribution in [0.1, 0.15) is 58.1 Å². The minimum Gasteiger partial charge on any atom is -0.504 e. The van der Waals surface area contributed by atoms with Crippen molar-refractivity contribution in [1.29, 1.82) is 0 Å². The number of hydrogen-bond acceptors (Lipinski definition) is 9. The van der Waals surface area contributed by atoms with E-state index in [2.05, 4.69) is 0 Å². The summed E-state index contributed by atoms with van der Waals surface area (Å²) >= 11 is 0. The number of benzene rings is 5. The van der Waals surface area contributed by atoms with E-state index >= 15 is 0 Å². The van der Waals surface area contributed by atoms with Crippen LogP contribution in [0.5, 0.6) is 23.0 Å². The van der Waals surface area contributed by atoms with E-state index in [4.69, 9.17) is 14.2 Å². The van der Waals surface area contributed by atoms with Crippen molar-refractivity contribution < 1.29 is 43.6 Å². The molecule has 0 aliphatic heterocycles. The standard InChI is InChI=1S/C36H26O9/c1-43-26-19-11-18-25(20-26)31(38)29-27(36(42)44-21-22-12-5-2-6-13-22)28(30(37)23-14-7-3-8-15-23)32(39)33(40)34(29)45-35(41)24-16-9-4-10-17-24/h2-20,39-40H,21H2,1H3. The van der Waals surface area contributed by atoms with Crippen molar-refractivity contribution in [2.24, 2.45) is 0 Å². The lowest BCUT2D eigenvalue weighted by Crippen LogP contribution is -2.21. The molecule has 0 amide bonds. The third-order valence-electron chi connectivity index (χ3n) is 6.85. The zero-order valence-corrected chi connectivity index (χ0v) is 23.9. The maximum absolute atomic E-state index is 14.3. The Balaban J connectivity index is 1.77. The Morgan fingerprint density at radius 3 is 1.76 bits per heavy atom. The number of ketones is 2. The molecule has 0 saturated heterocycles. The molecule has 45 heavy (non-hydrogen) atoms. The first-order valence-corrected chi connectivity index (χ1v) is 13.7. The van der Waals surface area contributed by atoms with Gasteiger partial charge in [0.2, 0.25) is 5.75 Å². The molecule has 0 aliphatic rings. The largest absolute Gasteiger partial charge is 0.504 e. The molecule has 0 saturated carbocycles. The topological polar surface area (TPSA) is 136 Å². The van der Waals surface area contributed by atoms with Gasteiger partial charge >= 0.3 is 11.9 Å². The summed E-state index contributed by atoms with van der Waals surface area (Å²) in [5, 5.41) is 22.5. The van der Waals surface area contributed by atoms with Crippen molar-refractivity contribution in [3.63, 3.8) is 0 Å². The minimum atomic E-state index is -1.18. The fraction of sp³-hybridized carbons (Fsp3) is 0.0556. The molecular formula is C36H26O9. The first kappa shape index (κ1) is 30.2. The SMILES string of the molecule is COc1cccc(C(=O)c2c(OC(=O)c3ccccc3)c(O)c(O)c(C(=O)c3ccccc3)c2C(=O)OCc2ccccc2)c1. The van der Waals surface area contributed by atoms with Crippen LogP contribution >= 0.6 is 0 Å². The van der Waals surface area contributed by atoms with Crippen LogP contribution in [-0.4, -0.2) is 40.8 Å². The molecule has 5 rings (SSSR count). The summed E-state index contributed by atoms with van der Waals surface area (Å²) < 4.78 is 16.3. The molecule has 0 heterocycles. The van der Waals surface area contributed by atoms with Gasteiger partial charge in [0.05, 0.1) is 29.4 Å². The van der Waals surface area contributed by atoms with Gasteiger partial charge in [0, 0.05) is 11.1 Å². The van der Waals surface area contributed by atoms with E-state index in [-0.39, 0.29) is 23.3 Å². The molecule has 0 aromatic heterocycles. The highest BCUT2D eigenvalue weighted by Crippen LogP contribution is 2.46. The second-order valence-corrected chi connectivity index (χ2v) is 9.72. The number of methoxy groups -OCH3 is 1. The Labute approximate surface area is 257 Å². The van der Waals surface area contributed by atoms with Crippen molar-refractivity contribution in [3.05, 3.63) is 154 Å². The summed E-state index contributed by atoms with van der Waals surface area (Å²) in [6.45, 7) is -0.258. The number of phenols is 2. The molecule has 0 atom stereocenters. The highest BCUT2D eigenvalue weighted by atomic mass is 16.5. The number of ether oxygens (including phenoxy) is 3. The summed E-state index contributed by atoms with van der Waals surface area (Å²) in [5.74, 6) is -6.71.